The lowest BCUT2D eigenvalue weighted by molar-refractivity contribution is 0.0471. The second-order valence-corrected chi connectivity index (χ2v) is 5.33. The summed E-state index contributed by atoms with van der Waals surface area (Å²) in [5.74, 6) is 0.0319. The molecule has 116 valence electrons. The molecule has 1 aromatic heterocycles. The van der Waals surface area contributed by atoms with Crippen LogP contribution in [0.1, 0.15) is 27.2 Å². The highest BCUT2D eigenvalue weighted by atomic mass is 16.5. The Hall–Kier alpha value is -2.88. The van der Waals surface area contributed by atoms with Gasteiger partial charge in [0.15, 0.2) is 0 Å². The summed E-state index contributed by atoms with van der Waals surface area (Å²) in [6.07, 6.45) is 0. The van der Waals surface area contributed by atoms with Crippen molar-refractivity contribution in [3.63, 3.8) is 0 Å². The number of carbonyl (C=O) groups is 1. The maximum Gasteiger partial charge on any atom is 0.344 e. The molecule has 0 saturated heterocycles. The molecule has 0 fully saturated rings. The minimum atomic E-state index is -0.425. The molecule has 2 aromatic carbocycles. The van der Waals surface area contributed by atoms with Gasteiger partial charge in [0.2, 0.25) is 0 Å². The molecule has 4 nitrogen and oxygen atoms in total. The lowest BCUT2D eigenvalue weighted by Crippen LogP contribution is -2.08. The highest BCUT2D eigenvalue weighted by molar-refractivity contribution is 5.97. The molecule has 1 heterocycles. The molecule has 0 unspecified atom stereocenters. The number of nitrogens with zero attached hydrogens (tertiary/aromatic N) is 1. The van der Waals surface area contributed by atoms with Gasteiger partial charge in [0.1, 0.15) is 23.6 Å². The molecule has 0 amide bonds. The van der Waals surface area contributed by atoms with Crippen LogP contribution < -0.4 is 0 Å². The van der Waals surface area contributed by atoms with Crippen LogP contribution in [0.25, 0.3) is 11.3 Å². The molecule has 3 rings (SSSR count). The second kappa shape index (κ2) is 6.48. The Bertz CT molecular complexity index is 822. The Balaban J connectivity index is 1.83. The molecular formula is C19H17NO3. The van der Waals surface area contributed by atoms with E-state index in [9.17, 15) is 4.79 Å². The molecule has 0 atom stereocenters. The van der Waals surface area contributed by atoms with E-state index in [2.05, 4.69) is 5.16 Å². The van der Waals surface area contributed by atoms with Crippen molar-refractivity contribution in [1.29, 1.82) is 0 Å². The number of aromatic nitrogens is 1. The fourth-order valence-corrected chi connectivity index (χ4v) is 2.39. The smallest absolute Gasteiger partial charge is 0.344 e. The summed E-state index contributed by atoms with van der Waals surface area (Å²) in [7, 11) is 0. The number of aryl methyl sites for hydroxylation is 2. The van der Waals surface area contributed by atoms with E-state index in [1.807, 2.05) is 61.5 Å². The summed E-state index contributed by atoms with van der Waals surface area (Å²) in [5, 5.41) is 4.00. The van der Waals surface area contributed by atoms with Crippen molar-refractivity contribution in [2.45, 2.75) is 20.5 Å². The molecule has 0 N–H and O–H groups in total. The largest absolute Gasteiger partial charge is 0.457 e. The first-order valence-electron chi connectivity index (χ1n) is 7.40. The van der Waals surface area contributed by atoms with Crippen LogP contribution in [-0.2, 0) is 11.3 Å². The maximum absolute atomic E-state index is 12.5. The van der Waals surface area contributed by atoms with Crippen molar-refractivity contribution in [1.82, 2.24) is 5.16 Å². The first kappa shape index (κ1) is 15.0. The third-order valence-corrected chi connectivity index (χ3v) is 3.73. The highest BCUT2D eigenvalue weighted by Gasteiger charge is 2.23. The normalized spacial score (nSPS) is 10.5. The molecule has 0 radical (unpaired) electrons. The second-order valence-electron chi connectivity index (χ2n) is 5.33. The van der Waals surface area contributed by atoms with Crippen molar-refractivity contribution >= 4 is 5.97 Å². The SMILES string of the molecule is Cc1ccccc1COC(=O)c1c(-c2ccccc2)noc1C. The Morgan fingerprint density at radius 1 is 1.04 bits per heavy atom. The first-order valence-corrected chi connectivity index (χ1v) is 7.40. The Kier molecular flexibility index (Phi) is 4.24. The number of hydrogen-bond donors (Lipinski definition) is 0. The molecule has 0 bridgehead atoms. The maximum atomic E-state index is 12.5. The third kappa shape index (κ3) is 3.16. The molecule has 0 saturated carbocycles. The summed E-state index contributed by atoms with van der Waals surface area (Å²) in [4.78, 5) is 12.5. The first-order chi connectivity index (χ1) is 11.2. The van der Waals surface area contributed by atoms with Gasteiger partial charge in [-0.1, -0.05) is 59.8 Å². The van der Waals surface area contributed by atoms with Gasteiger partial charge in [-0.3, -0.25) is 0 Å². The number of carbonyl (C=O) groups excluding carboxylic acids is 1. The van der Waals surface area contributed by atoms with E-state index in [4.69, 9.17) is 9.26 Å². The standard InChI is InChI=1S/C19H17NO3/c1-13-8-6-7-11-16(13)12-22-19(21)17-14(2)23-20-18(17)15-9-4-3-5-10-15/h3-11H,12H2,1-2H3. The number of ether oxygens (including phenoxy) is 1. The number of hydrogen-bond acceptors (Lipinski definition) is 4. The van der Waals surface area contributed by atoms with Gasteiger partial charge in [0.05, 0.1) is 0 Å². The zero-order chi connectivity index (χ0) is 16.2. The molecular weight excluding hydrogens is 290 g/mol. The Labute approximate surface area is 134 Å². The van der Waals surface area contributed by atoms with Crippen LogP contribution >= 0.6 is 0 Å². The molecule has 0 aliphatic carbocycles. The number of esters is 1. The summed E-state index contributed by atoms with van der Waals surface area (Å²) in [6, 6.07) is 17.3. The lowest BCUT2D eigenvalue weighted by atomic mass is 10.1. The summed E-state index contributed by atoms with van der Waals surface area (Å²) in [5.41, 5.74) is 3.79. The minimum absolute atomic E-state index is 0.227. The van der Waals surface area contributed by atoms with E-state index in [0.717, 1.165) is 16.7 Å². The predicted molar refractivity (Wildman–Crippen MR) is 87.0 cm³/mol. The van der Waals surface area contributed by atoms with Crippen LogP contribution in [0.15, 0.2) is 59.1 Å². The molecule has 0 aliphatic rings. The molecule has 4 heteroatoms. The van der Waals surface area contributed by atoms with Crippen molar-refractivity contribution < 1.29 is 14.1 Å². The highest BCUT2D eigenvalue weighted by Crippen LogP contribution is 2.26. The van der Waals surface area contributed by atoms with E-state index in [1.54, 1.807) is 6.92 Å². The van der Waals surface area contributed by atoms with Gasteiger partial charge in [-0.25, -0.2) is 4.79 Å². The van der Waals surface area contributed by atoms with Crippen molar-refractivity contribution in [2.75, 3.05) is 0 Å². The Morgan fingerprint density at radius 2 is 1.74 bits per heavy atom. The van der Waals surface area contributed by atoms with Crippen LogP contribution in [0.2, 0.25) is 0 Å². The Morgan fingerprint density at radius 3 is 2.48 bits per heavy atom. The van der Waals surface area contributed by atoms with E-state index in [1.165, 1.54) is 0 Å². The molecule has 3 aromatic rings. The van der Waals surface area contributed by atoms with Crippen molar-refractivity contribution in [2.24, 2.45) is 0 Å². The van der Waals surface area contributed by atoms with Crippen LogP contribution in [0.4, 0.5) is 0 Å². The third-order valence-electron chi connectivity index (χ3n) is 3.73. The molecule has 0 aliphatic heterocycles. The van der Waals surface area contributed by atoms with E-state index in [0.29, 0.717) is 17.0 Å². The van der Waals surface area contributed by atoms with Crippen LogP contribution in [0.5, 0.6) is 0 Å². The summed E-state index contributed by atoms with van der Waals surface area (Å²) >= 11 is 0. The fraction of sp³-hybridized carbons (Fsp3) is 0.158. The van der Waals surface area contributed by atoms with Gasteiger partial charge >= 0.3 is 5.97 Å². The van der Waals surface area contributed by atoms with E-state index < -0.39 is 5.97 Å². The fourth-order valence-electron chi connectivity index (χ4n) is 2.39. The molecule has 0 spiro atoms. The quantitative estimate of drug-likeness (QED) is 0.674. The lowest BCUT2D eigenvalue weighted by Gasteiger charge is -2.07. The van der Waals surface area contributed by atoms with Gasteiger partial charge in [-0.05, 0) is 25.0 Å². The zero-order valence-electron chi connectivity index (χ0n) is 13.1. The predicted octanol–water partition coefficient (Wildman–Crippen LogP) is 4.32. The number of rotatable bonds is 4. The average Bonchev–Trinajstić information content (AvgIpc) is 2.96. The van der Waals surface area contributed by atoms with Crippen molar-refractivity contribution in [3.8, 4) is 11.3 Å². The van der Waals surface area contributed by atoms with E-state index in [-0.39, 0.29) is 6.61 Å². The van der Waals surface area contributed by atoms with Crippen LogP contribution in [0.3, 0.4) is 0 Å². The minimum Gasteiger partial charge on any atom is -0.457 e. The van der Waals surface area contributed by atoms with E-state index >= 15 is 0 Å². The van der Waals surface area contributed by atoms with Gasteiger partial charge in [0, 0.05) is 5.56 Å². The van der Waals surface area contributed by atoms with Crippen molar-refractivity contribution in [3.05, 3.63) is 77.0 Å². The summed E-state index contributed by atoms with van der Waals surface area (Å²) < 4.78 is 10.7. The van der Waals surface area contributed by atoms with Gasteiger partial charge < -0.3 is 9.26 Å². The zero-order valence-corrected chi connectivity index (χ0v) is 13.1. The van der Waals surface area contributed by atoms with Gasteiger partial charge in [-0.2, -0.15) is 0 Å². The summed E-state index contributed by atoms with van der Waals surface area (Å²) in [6.45, 7) is 3.93. The van der Waals surface area contributed by atoms with Gasteiger partial charge in [-0.15, -0.1) is 0 Å². The number of benzene rings is 2. The molecule has 23 heavy (non-hydrogen) atoms. The van der Waals surface area contributed by atoms with Crippen LogP contribution in [0, 0.1) is 13.8 Å². The van der Waals surface area contributed by atoms with Gasteiger partial charge in [0.25, 0.3) is 0 Å². The topological polar surface area (TPSA) is 52.3 Å². The monoisotopic (exact) mass is 307 g/mol. The van der Waals surface area contributed by atoms with Crippen LogP contribution in [-0.4, -0.2) is 11.1 Å². The average molecular weight is 307 g/mol.